The number of piperazine rings is 1. The Labute approximate surface area is 107 Å². The van der Waals surface area contributed by atoms with Crippen molar-refractivity contribution in [3.05, 3.63) is 11.7 Å². The van der Waals surface area contributed by atoms with Gasteiger partial charge in [0, 0.05) is 31.6 Å². The second-order valence-corrected chi connectivity index (χ2v) is 4.85. The average Bonchev–Trinajstić information content (AvgIpc) is 3.03. The minimum absolute atomic E-state index is 0. The summed E-state index contributed by atoms with van der Waals surface area (Å²) in [5.74, 6) is 2.25. The van der Waals surface area contributed by atoms with Gasteiger partial charge in [0.2, 0.25) is 5.89 Å². The Balaban J connectivity index is 0.00000108. The van der Waals surface area contributed by atoms with Gasteiger partial charge in [0.1, 0.15) is 0 Å². The number of aromatic nitrogens is 2. The van der Waals surface area contributed by atoms with E-state index in [2.05, 4.69) is 27.3 Å². The normalized spacial score (nSPS) is 25.6. The molecule has 2 heterocycles. The smallest absolute Gasteiger partial charge is 0.229 e. The number of hydrogen-bond acceptors (Lipinski definition) is 5. The van der Waals surface area contributed by atoms with Crippen LogP contribution in [0.5, 0.6) is 0 Å². The first-order chi connectivity index (χ1) is 7.83. The Hall–Kier alpha value is -0.650. The molecule has 0 radical (unpaired) electrons. The van der Waals surface area contributed by atoms with Crippen molar-refractivity contribution >= 4 is 12.4 Å². The second-order valence-electron chi connectivity index (χ2n) is 4.85. The summed E-state index contributed by atoms with van der Waals surface area (Å²) in [5, 5.41) is 7.44. The lowest BCUT2D eigenvalue weighted by molar-refractivity contribution is 0.160. The molecular formula is C11H19ClN4O. The van der Waals surface area contributed by atoms with Crippen LogP contribution in [0.1, 0.15) is 37.4 Å². The molecule has 1 aromatic rings. The van der Waals surface area contributed by atoms with E-state index < -0.39 is 0 Å². The highest BCUT2D eigenvalue weighted by Crippen LogP contribution is 2.38. The van der Waals surface area contributed by atoms with Crippen LogP contribution >= 0.6 is 12.4 Å². The molecule has 0 bridgehead atoms. The molecule has 0 unspecified atom stereocenters. The van der Waals surface area contributed by atoms with Gasteiger partial charge in [-0.15, -0.1) is 12.4 Å². The van der Waals surface area contributed by atoms with Crippen LogP contribution in [0, 0.1) is 0 Å². The summed E-state index contributed by atoms with van der Waals surface area (Å²) in [5.41, 5.74) is 0. The first kappa shape index (κ1) is 12.8. The molecule has 96 valence electrons. The Morgan fingerprint density at radius 3 is 3.00 bits per heavy atom. The van der Waals surface area contributed by atoms with Crippen molar-refractivity contribution in [2.24, 2.45) is 0 Å². The van der Waals surface area contributed by atoms with E-state index >= 15 is 0 Å². The van der Waals surface area contributed by atoms with Gasteiger partial charge in [-0.1, -0.05) is 5.16 Å². The van der Waals surface area contributed by atoms with Crippen LogP contribution in [-0.2, 0) is 6.54 Å². The lowest BCUT2D eigenvalue weighted by atomic mass is 10.2. The first-order valence-corrected chi connectivity index (χ1v) is 6.10. The van der Waals surface area contributed by atoms with E-state index in [0.717, 1.165) is 37.9 Å². The Bertz CT molecular complexity index is 366. The molecule has 1 aliphatic carbocycles. The molecular weight excluding hydrogens is 240 g/mol. The zero-order valence-electron chi connectivity index (χ0n) is 10.1. The van der Waals surface area contributed by atoms with Crippen LogP contribution in [0.3, 0.4) is 0 Å². The van der Waals surface area contributed by atoms with E-state index in [1.807, 2.05) is 0 Å². The number of rotatable bonds is 3. The maximum atomic E-state index is 5.26. The van der Waals surface area contributed by atoms with E-state index in [9.17, 15) is 0 Å². The predicted octanol–water partition coefficient (Wildman–Crippen LogP) is 1.16. The molecule has 1 saturated heterocycles. The number of hydrogen-bond donors (Lipinski definition) is 1. The first-order valence-electron chi connectivity index (χ1n) is 6.10. The summed E-state index contributed by atoms with van der Waals surface area (Å²) < 4.78 is 5.26. The summed E-state index contributed by atoms with van der Waals surface area (Å²) in [4.78, 5) is 6.86. The second kappa shape index (κ2) is 5.33. The van der Waals surface area contributed by atoms with Crippen LogP contribution in [0.2, 0.25) is 0 Å². The van der Waals surface area contributed by atoms with Crippen molar-refractivity contribution in [2.75, 3.05) is 19.6 Å². The highest BCUT2D eigenvalue weighted by molar-refractivity contribution is 5.85. The number of halogens is 1. The molecule has 1 aliphatic heterocycles. The van der Waals surface area contributed by atoms with Crippen LogP contribution in [0.4, 0.5) is 0 Å². The highest BCUT2D eigenvalue weighted by atomic mass is 35.5. The zero-order chi connectivity index (χ0) is 11.0. The van der Waals surface area contributed by atoms with E-state index in [1.54, 1.807) is 0 Å². The van der Waals surface area contributed by atoms with Crippen molar-refractivity contribution in [2.45, 2.75) is 38.3 Å². The van der Waals surface area contributed by atoms with Gasteiger partial charge in [0.25, 0.3) is 0 Å². The summed E-state index contributed by atoms with van der Waals surface area (Å²) in [6.45, 7) is 6.21. The quantitative estimate of drug-likeness (QED) is 0.882. The molecule has 17 heavy (non-hydrogen) atoms. The molecule has 1 saturated carbocycles. The maximum Gasteiger partial charge on any atom is 0.229 e. The molecule has 1 atom stereocenters. The third-order valence-electron chi connectivity index (χ3n) is 3.39. The van der Waals surface area contributed by atoms with Gasteiger partial charge in [0.15, 0.2) is 5.82 Å². The summed E-state index contributed by atoms with van der Waals surface area (Å²) >= 11 is 0. The third kappa shape index (κ3) is 2.97. The van der Waals surface area contributed by atoms with Crippen LogP contribution in [-0.4, -0.2) is 40.7 Å². The van der Waals surface area contributed by atoms with Crippen molar-refractivity contribution < 1.29 is 4.52 Å². The standard InChI is InChI=1S/C11H18N4O.ClH/c1-8-6-12-4-5-15(8)7-10-13-11(16-14-10)9-2-3-9;/h8-9,12H,2-7H2,1H3;1H/t8-;/m0./s1. The predicted molar refractivity (Wildman–Crippen MR) is 66.3 cm³/mol. The molecule has 0 spiro atoms. The molecule has 1 aromatic heterocycles. The van der Waals surface area contributed by atoms with E-state index in [0.29, 0.717) is 12.0 Å². The average molecular weight is 259 g/mol. The van der Waals surface area contributed by atoms with Crippen LogP contribution in [0.25, 0.3) is 0 Å². The van der Waals surface area contributed by atoms with Gasteiger partial charge >= 0.3 is 0 Å². The van der Waals surface area contributed by atoms with Crippen molar-refractivity contribution in [3.63, 3.8) is 0 Å². The monoisotopic (exact) mass is 258 g/mol. The number of nitrogens with zero attached hydrogens (tertiary/aromatic N) is 3. The molecule has 0 amide bonds. The molecule has 5 nitrogen and oxygen atoms in total. The van der Waals surface area contributed by atoms with Gasteiger partial charge in [-0.3, -0.25) is 4.90 Å². The molecule has 2 fully saturated rings. The molecule has 2 aliphatic rings. The zero-order valence-corrected chi connectivity index (χ0v) is 10.9. The minimum Gasteiger partial charge on any atom is -0.339 e. The minimum atomic E-state index is 0. The van der Waals surface area contributed by atoms with Crippen molar-refractivity contribution in [1.29, 1.82) is 0 Å². The fourth-order valence-corrected chi connectivity index (χ4v) is 2.13. The topological polar surface area (TPSA) is 54.2 Å². The largest absolute Gasteiger partial charge is 0.339 e. The van der Waals surface area contributed by atoms with E-state index in [1.165, 1.54) is 12.8 Å². The van der Waals surface area contributed by atoms with Gasteiger partial charge < -0.3 is 9.84 Å². The summed E-state index contributed by atoms with van der Waals surface area (Å²) in [7, 11) is 0. The van der Waals surface area contributed by atoms with Crippen molar-refractivity contribution in [1.82, 2.24) is 20.4 Å². The lowest BCUT2D eigenvalue weighted by Gasteiger charge is -2.32. The SMILES string of the molecule is C[C@H]1CNCCN1Cc1noc(C2CC2)n1.Cl. The third-order valence-corrected chi connectivity index (χ3v) is 3.39. The Morgan fingerprint density at radius 2 is 2.29 bits per heavy atom. The molecule has 1 N–H and O–H groups in total. The van der Waals surface area contributed by atoms with Crippen LogP contribution in [0.15, 0.2) is 4.52 Å². The summed E-state index contributed by atoms with van der Waals surface area (Å²) in [6, 6.07) is 0.552. The van der Waals surface area contributed by atoms with Gasteiger partial charge in [-0.05, 0) is 19.8 Å². The molecule has 0 aromatic carbocycles. The maximum absolute atomic E-state index is 5.26. The van der Waals surface area contributed by atoms with Gasteiger partial charge in [0.05, 0.1) is 6.54 Å². The van der Waals surface area contributed by atoms with Crippen molar-refractivity contribution in [3.8, 4) is 0 Å². The summed E-state index contributed by atoms with van der Waals surface area (Å²) in [6.07, 6.45) is 2.43. The fourth-order valence-electron chi connectivity index (χ4n) is 2.13. The Kier molecular flexibility index (Phi) is 4.01. The fraction of sp³-hybridized carbons (Fsp3) is 0.818. The molecule has 6 heteroatoms. The van der Waals surface area contributed by atoms with Gasteiger partial charge in [-0.25, -0.2) is 0 Å². The number of nitrogens with one attached hydrogen (secondary N) is 1. The van der Waals surface area contributed by atoms with Crippen LogP contribution < -0.4 is 5.32 Å². The van der Waals surface area contributed by atoms with E-state index in [4.69, 9.17) is 4.52 Å². The Morgan fingerprint density at radius 1 is 1.47 bits per heavy atom. The lowest BCUT2D eigenvalue weighted by Crippen LogP contribution is -2.49. The highest BCUT2D eigenvalue weighted by Gasteiger charge is 2.30. The van der Waals surface area contributed by atoms with E-state index in [-0.39, 0.29) is 12.4 Å². The molecule has 3 rings (SSSR count). The van der Waals surface area contributed by atoms with Gasteiger partial charge in [-0.2, -0.15) is 4.98 Å².